The second-order valence-electron chi connectivity index (χ2n) is 12.3. The van der Waals surface area contributed by atoms with Crippen LogP contribution in [0.1, 0.15) is 85.6 Å². The number of hydrogen-bond donors (Lipinski definition) is 1. The number of carboxylic acid groups (broad SMARTS) is 1. The first-order valence-electron chi connectivity index (χ1n) is 15.4. The topological polar surface area (TPSA) is 98.5 Å². The monoisotopic (exact) mass is 704 g/mol. The maximum Gasteiger partial charge on any atom is 0.335 e. The number of nitrogens with zero attached hydrogens (tertiary/aromatic N) is 2. The molecule has 1 fully saturated rings. The molecule has 10 heteroatoms. The fourth-order valence-electron chi connectivity index (χ4n) is 7.06. The van der Waals surface area contributed by atoms with Crippen molar-refractivity contribution in [3.8, 4) is 6.07 Å². The van der Waals surface area contributed by atoms with Crippen molar-refractivity contribution < 1.29 is 19.5 Å². The number of nitriles is 1. The number of aromatic carboxylic acids is 1. The zero-order valence-corrected chi connectivity index (χ0v) is 29.6. The Bertz CT molecular complexity index is 1520. The van der Waals surface area contributed by atoms with Gasteiger partial charge in [-0.2, -0.15) is 5.26 Å². The third-order valence-electron chi connectivity index (χ3n) is 9.61. The van der Waals surface area contributed by atoms with Crippen LogP contribution in [-0.2, 0) is 11.2 Å². The zero-order chi connectivity index (χ0) is 34.2. The lowest BCUT2D eigenvalue weighted by Gasteiger charge is -2.53. The number of benzene rings is 2. The summed E-state index contributed by atoms with van der Waals surface area (Å²) in [7, 11) is 1.80. The fourth-order valence-corrected chi connectivity index (χ4v) is 8.35. The van der Waals surface area contributed by atoms with E-state index in [2.05, 4.69) is 26.0 Å². The molecule has 0 saturated heterocycles. The molecular formula is C36H40Cl4N2O4. The predicted molar refractivity (Wildman–Crippen MR) is 186 cm³/mol. The molecule has 46 heavy (non-hydrogen) atoms. The van der Waals surface area contributed by atoms with E-state index in [4.69, 9.17) is 56.8 Å². The molecule has 246 valence electrons. The van der Waals surface area contributed by atoms with Gasteiger partial charge in [0.2, 0.25) is 0 Å². The summed E-state index contributed by atoms with van der Waals surface area (Å²) < 4.78 is 0. The molecule has 0 heterocycles. The number of rotatable bonds is 9. The summed E-state index contributed by atoms with van der Waals surface area (Å²) in [4.78, 5) is 36.8. The number of hydrogen-bond acceptors (Lipinski definition) is 4. The first-order chi connectivity index (χ1) is 21.8. The molecule has 2 aliphatic rings. The number of aldehydes is 1. The standard InChI is InChI=1S/C27H32Cl2N2O2.C9H8Cl2O2/c1-18-6-9-25-24(23(18)5-4-12-30)8-7-20(10-14-32)27(25,2)11-13-31(3)26(33)19-15-21(28)17-22(29)16-19;1-2-6-7(10)3-5(9(12)13)4-8(6)11/h6,10,14-17,23-25H,4-5,7-9,11,13H2,1-3H3;3-4H,2H2,1H3,(H,12,13)/b20-10-;/t23-,24?,25+,27?;/m1./s1. The molecule has 0 aliphatic heterocycles. The van der Waals surface area contributed by atoms with E-state index in [1.807, 2.05) is 6.92 Å². The van der Waals surface area contributed by atoms with Crippen LogP contribution >= 0.6 is 46.4 Å². The van der Waals surface area contributed by atoms with Gasteiger partial charge in [0.05, 0.1) is 11.6 Å². The minimum absolute atomic E-state index is 0.118. The molecule has 2 unspecified atom stereocenters. The van der Waals surface area contributed by atoms with Gasteiger partial charge in [-0.15, -0.1) is 0 Å². The van der Waals surface area contributed by atoms with Crippen molar-refractivity contribution >= 4 is 64.6 Å². The number of carboxylic acids is 1. The zero-order valence-electron chi connectivity index (χ0n) is 26.6. The van der Waals surface area contributed by atoms with Crippen LogP contribution in [-0.4, -0.2) is 41.8 Å². The molecule has 0 bridgehead atoms. The largest absolute Gasteiger partial charge is 0.478 e. The van der Waals surface area contributed by atoms with E-state index >= 15 is 0 Å². The number of amides is 1. The Labute approximate surface area is 292 Å². The smallest absolute Gasteiger partial charge is 0.335 e. The van der Waals surface area contributed by atoms with Crippen LogP contribution in [0.25, 0.3) is 0 Å². The van der Waals surface area contributed by atoms with Gasteiger partial charge in [-0.05, 0) is 111 Å². The Morgan fingerprint density at radius 2 is 1.72 bits per heavy atom. The highest BCUT2D eigenvalue weighted by Crippen LogP contribution is 2.57. The number of allylic oxidation sites excluding steroid dienone is 4. The molecule has 1 saturated carbocycles. The summed E-state index contributed by atoms with van der Waals surface area (Å²) in [5.74, 6) is 0.140. The summed E-state index contributed by atoms with van der Waals surface area (Å²) in [5.41, 5.74) is 3.75. The number of fused-ring (bicyclic) bond motifs is 1. The van der Waals surface area contributed by atoms with Gasteiger partial charge in [-0.1, -0.05) is 77.5 Å². The highest BCUT2D eigenvalue weighted by atomic mass is 35.5. The van der Waals surface area contributed by atoms with E-state index in [1.165, 1.54) is 23.3 Å². The van der Waals surface area contributed by atoms with Crippen molar-refractivity contribution in [1.82, 2.24) is 4.90 Å². The molecule has 6 nitrogen and oxygen atoms in total. The van der Waals surface area contributed by atoms with Gasteiger partial charge in [0.25, 0.3) is 5.91 Å². The Morgan fingerprint density at radius 3 is 2.26 bits per heavy atom. The van der Waals surface area contributed by atoms with Gasteiger partial charge < -0.3 is 10.0 Å². The average molecular weight is 707 g/mol. The molecule has 0 spiro atoms. The quantitative estimate of drug-likeness (QED) is 0.159. The first kappa shape index (κ1) is 37.6. The summed E-state index contributed by atoms with van der Waals surface area (Å²) in [5, 5.41) is 19.5. The molecule has 2 aliphatic carbocycles. The van der Waals surface area contributed by atoms with Crippen molar-refractivity contribution in [2.75, 3.05) is 13.6 Å². The Balaban J connectivity index is 0.000000370. The maximum atomic E-state index is 13.0. The summed E-state index contributed by atoms with van der Waals surface area (Å²) in [6.45, 7) is 6.91. The summed E-state index contributed by atoms with van der Waals surface area (Å²) in [6.07, 6.45) is 10.8. The van der Waals surface area contributed by atoms with Crippen LogP contribution in [0.2, 0.25) is 20.1 Å². The first-order valence-corrected chi connectivity index (χ1v) is 16.9. The van der Waals surface area contributed by atoms with E-state index in [-0.39, 0.29) is 16.9 Å². The molecule has 1 N–H and O–H groups in total. The van der Waals surface area contributed by atoms with Crippen molar-refractivity contribution in [3.63, 3.8) is 0 Å². The molecule has 0 aromatic heterocycles. The van der Waals surface area contributed by atoms with E-state index in [9.17, 15) is 14.4 Å². The lowest BCUT2D eigenvalue weighted by atomic mass is 9.52. The highest BCUT2D eigenvalue weighted by Gasteiger charge is 2.48. The van der Waals surface area contributed by atoms with Crippen molar-refractivity contribution in [1.29, 1.82) is 5.26 Å². The number of halogens is 4. The molecular weight excluding hydrogens is 666 g/mol. The minimum atomic E-state index is -1.02. The molecule has 2 aromatic carbocycles. The maximum absolute atomic E-state index is 13.0. The lowest BCUT2D eigenvalue weighted by molar-refractivity contribution is -0.104. The minimum Gasteiger partial charge on any atom is -0.478 e. The van der Waals surface area contributed by atoms with E-state index < -0.39 is 5.97 Å². The summed E-state index contributed by atoms with van der Waals surface area (Å²) >= 11 is 23.8. The van der Waals surface area contributed by atoms with Crippen LogP contribution < -0.4 is 0 Å². The Hall–Kier alpha value is -2.82. The average Bonchev–Trinajstić information content (AvgIpc) is 3.00. The Morgan fingerprint density at radius 1 is 1.09 bits per heavy atom. The highest BCUT2D eigenvalue weighted by molar-refractivity contribution is 6.36. The summed E-state index contributed by atoms with van der Waals surface area (Å²) in [6, 6.07) is 10.0. The SMILES string of the molecule is CC1=CC[C@H]2C(CC/C(=C/C=O)C2(C)CCN(C)C(=O)c2cc(Cl)cc(Cl)c2)[C@@H]1CCC#N.CCc1c(Cl)cc(C(=O)O)cc1Cl. The molecule has 0 radical (unpaired) electrons. The van der Waals surface area contributed by atoms with Crippen LogP contribution in [0.3, 0.4) is 0 Å². The molecule has 1 amide bonds. The molecule has 4 atom stereocenters. The van der Waals surface area contributed by atoms with Gasteiger partial charge in [0, 0.05) is 45.7 Å². The normalized spacial score (nSPS) is 22.9. The fraction of sp³-hybridized carbons (Fsp3) is 0.444. The van der Waals surface area contributed by atoms with Gasteiger partial charge >= 0.3 is 5.97 Å². The van der Waals surface area contributed by atoms with Crippen LogP contribution in [0.15, 0.2) is 53.6 Å². The Kier molecular flexibility index (Phi) is 13.8. The van der Waals surface area contributed by atoms with Gasteiger partial charge in [0.1, 0.15) is 6.29 Å². The molecule has 2 aromatic rings. The van der Waals surface area contributed by atoms with Crippen molar-refractivity contribution in [3.05, 3.63) is 90.4 Å². The second-order valence-corrected chi connectivity index (χ2v) is 13.9. The van der Waals surface area contributed by atoms with Gasteiger partial charge in [-0.25, -0.2) is 4.79 Å². The number of carbonyl (C=O) groups excluding carboxylic acids is 2. The number of carbonyl (C=O) groups is 3. The molecule has 4 rings (SSSR count). The van der Waals surface area contributed by atoms with Crippen LogP contribution in [0.4, 0.5) is 0 Å². The third kappa shape index (κ3) is 8.95. The predicted octanol–water partition coefficient (Wildman–Crippen LogP) is 10.1. The van der Waals surface area contributed by atoms with Gasteiger partial charge in [-0.3, -0.25) is 9.59 Å². The van der Waals surface area contributed by atoms with Crippen molar-refractivity contribution in [2.24, 2.45) is 23.2 Å². The van der Waals surface area contributed by atoms with E-state index in [0.29, 0.717) is 62.8 Å². The van der Waals surface area contributed by atoms with E-state index in [0.717, 1.165) is 44.0 Å². The van der Waals surface area contributed by atoms with Crippen LogP contribution in [0.5, 0.6) is 0 Å². The van der Waals surface area contributed by atoms with E-state index in [1.54, 1.807) is 36.2 Å². The lowest BCUT2D eigenvalue weighted by Crippen LogP contribution is -2.45. The van der Waals surface area contributed by atoms with Crippen molar-refractivity contribution in [2.45, 2.75) is 65.7 Å². The third-order valence-corrected chi connectivity index (χ3v) is 10.7. The second kappa shape index (κ2) is 16.8. The van der Waals surface area contributed by atoms with Gasteiger partial charge in [0.15, 0.2) is 0 Å². The van der Waals surface area contributed by atoms with Crippen LogP contribution in [0, 0.1) is 34.5 Å².